The van der Waals surface area contributed by atoms with Crippen LogP contribution in [0.15, 0.2) is 24.3 Å². The molecule has 0 bridgehead atoms. The zero-order valence-corrected chi connectivity index (χ0v) is 18.5. The predicted octanol–water partition coefficient (Wildman–Crippen LogP) is 6.21. The van der Waals surface area contributed by atoms with Crippen molar-refractivity contribution in [1.82, 2.24) is 0 Å². The van der Waals surface area contributed by atoms with E-state index in [0.29, 0.717) is 12.4 Å². The molecule has 4 nitrogen and oxygen atoms in total. The molecule has 0 fully saturated rings. The summed E-state index contributed by atoms with van der Waals surface area (Å²) >= 11 is 18.1. The van der Waals surface area contributed by atoms with E-state index in [0.717, 1.165) is 0 Å². The Balaban J connectivity index is 2.83. The van der Waals surface area contributed by atoms with Gasteiger partial charge in [-0.3, -0.25) is 4.79 Å². The predicted molar refractivity (Wildman–Crippen MR) is 107 cm³/mol. The minimum Gasteiger partial charge on any atom is -0.494 e. The van der Waals surface area contributed by atoms with Gasteiger partial charge in [0.1, 0.15) is 11.5 Å². The summed E-state index contributed by atoms with van der Waals surface area (Å²) in [4.78, 5) is 11.7. The smallest absolute Gasteiger partial charge is 0.431 e. The van der Waals surface area contributed by atoms with Crippen molar-refractivity contribution in [3.05, 3.63) is 24.3 Å². The highest BCUT2D eigenvalue weighted by Gasteiger charge is 2.56. The maximum atomic E-state index is 14.6. The lowest BCUT2D eigenvalue weighted by Gasteiger charge is -2.35. The second-order valence-corrected chi connectivity index (χ2v) is 8.88. The van der Waals surface area contributed by atoms with Gasteiger partial charge in [-0.05, 0) is 43.5 Å². The number of halogens is 5. The Hall–Kier alpha value is -0.980. The minimum atomic E-state index is -3.93. The molecule has 1 aromatic carbocycles. The standard InChI is InChI=1S/C19H25Cl3F2O4/c1-5-26-13-7-9-14(10-8-13)28-19(23,24)18(21,22)11-15(20)17(3,4)12-16(25)27-6-2/h7-10,15H,5-6,11-12H2,1-4H3. The van der Waals surface area contributed by atoms with Crippen LogP contribution in [-0.4, -0.2) is 35.0 Å². The van der Waals surface area contributed by atoms with Crippen molar-refractivity contribution >= 4 is 40.8 Å². The van der Waals surface area contributed by atoms with Gasteiger partial charge in [0, 0.05) is 11.8 Å². The number of benzene rings is 1. The average Bonchev–Trinajstić information content (AvgIpc) is 2.55. The molecule has 1 atom stereocenters. The van der Waals surface area contributed by atoms with Gasteiger partial charge in [0.05, 0.1) is 19.6 Å². The molecule has 0 aliphatic rings. The zero-order valence-electron chi connectivity index (χ0n) is 16.2. The number of rotatable bonds is 11. The lowest BCUT2D eigenvalue weighted by molar-refractivity contribution is -0.188. The van der Waals surface area contributed by atoms with Crippen molar-refractivity contribution in [2.75, 3.05) is 13.2 Å². The van der Waals surface area contributed by atoms with E-state index < -0.39 is 33.6 Å². The molecule has 0 heterocycles. The summed E-state index contributed by atoms with van der Waals surface area (Å²) in [5.74, 6) is -0.0935. The van der Waals surface area contributed by atoms with Crippen LogP contribution in [0.1, 0.15) is 40.5 Å². The van der Waals surface area contributed by atoms with Crippen LogP contribution in [0.3, 0.4) is 0 Å². The van der Waals surface area contributed by atoms with Crippen molar-refractivity contribution in [3.8, 4) is 11.5 Å². The van der Waals surface area contributed by atoms with Crippen molar-refractivity contribution in [2.24, 2.45) is 5.41 Å². The first-order valence-electron chi connectivity index (χ1n) is 8.82. The van der Waals surface area contributed by atoms with Gasteiger partial charge >= 0.3 is 12.1 Å². The first-order valence-corrected chi connectivity index (χ1v) is 10.0. The normalized spacial score (nSPS) is 13.8. The van der Waals surface area contributed by atoms with E-state index in [1.807, 2.05) is 0 Å². The number of carbonyl (C=O) groups excluding carboxylic acids is 1. The van der Waals surface area contributed by atoms with Gasteiger partial charge in [0.2, 0.25) is 4.33 Å². The number of esters is 1. The van der Waals surface area contributed by atoms with E-state index in [1.165, 1.54) is 24.3 Å². The third-order valence-electron chi connectivity index (χ3n) is 4.00. The molecule has 28 heavy (non-hydrogen) atoms. The largest absolute Gasteiger partial charge is 0.494 e. The molecule has 0 amide bonds. The van der Waals surface area contributed by atoms with Crippen LogP contribution in [0.2, 0.25) is 0 Å². The lowest BCUT2D eigenvalue weighted by atomic mass is 9.83. The number of hydrogen-bond donors (Lipinski definition) is 0. The van der Waals surface area contributed by atoms with E-state index >= 15 is 0 Å². The molecule has 0 radical (unpaired) electrons. The van der Waals surface area contributed by atoms with Crippen LogP contribution in [-0.2, 0) is 9.53 Å². The number of alkyl halides is 5. The fraction of sp³-hybridized carbons (Fsp3) is 0.632. The summed E-state index contributed by atoms with van der Waals surface area (Å²) in [6.45, 7) is 7.44. The molecule has 9 heteroatoms. The highest BCUT2D eigenvalue weighted by Crippen LogP contribution is 2.47. The summed E-state index contributed by atoms with van der Waals surface area (Å²) in [6, 6.07) is 5.63. The molecule has 1 rings (SSSR count). The molecule has 1 aromatic rings. The highest BCUT2D eigenvalue weighted by molar-refractivity contribution is 6.49. The van der Waals surface area contributed by atoms with Gasteiger partial charge in [-0.15, -0.1) is 11.6 Å². The van der Waals surface area contributed by atoms with Gasteiger partial charge in [0.15, 0.2) is 0 Å². The second-order valence-electron chi connectivity index (χ2n) is 6.87. The number of hydrogen-bond acceptors (Lipinski definition) is 4. The van der Waals surface area contributed by atoms with Gasteiger partial charge in [-0.1, -0.05) is 37.0 Å². The molecule has 0 saturated heterocycles. The van der Waals surface area contributed by atoms with E-state index in [4.69, 9.17) is 49.0 Å². The zero-order chi connectivity index (χ0) is 21.6. The van der Waals surface area contributed by atoms with Crippen LogP contribution in [0.25, 0.3) is 0 Å². The molecule has 0 spiro atoms. The minimum absolute atomic E-state index is 0.0653. The lowest BCUT2D eigenvalue weighted by Crippen LogP contribution is -2.47. The Morgan fingerprint density at radius 2 is 1.61 bits per heavy atom. The third kappa shape index (κ3) is 7.12. The Bertz CT molecular complexity index is 637. The van der Waals surface area contributed by atoms with Crippen LogP contribution in [0.5, 0.6) is 11.5 Å². The molecule has 0 aromatic heterocycles. The number of carbonyl (C=O) groups is 1. The Morgan fingerprint density at radius 1 is 1.07 bits per heavy atom. The molecule has 160 valence electrons. The van der Waals surface area contributed by atoms with E-state index in [9.17, 15) is 13.6 Å². The fourth-order valence-electron chi connectivity index (χ4n) is 2.31. The van der Waals surface area contributed by atoms with Crippen LogP contribution in [0.4, 0.5) is 8.78 Å². The monoisotopic (exact) mass is 460 g/mol. The summed E-state index contributed by atoms with van der Waals surface area (Å²) in [7, 11) is 0. The maximum absolute atomic E-state index is 14.6. The topological polar surface area (TPSA) is 44.8 Å². The van der Waals surface area contributed by atoms with Crippen molar-refractivity contribution in [2.45, 2.75) is 56.4 Å². The molecule has 0 N–H and O–H groups in total. The quantitative estimate of drug-likeness (QED) is 0.290. The average molecular weight is 462 g/mol. The Morgan fingerprint density at radius 3 is 2.11 bits per heavy atom. The Kier molecular flexibility index (Phi) is 9.10. The van der Waals surface area contributed by atoms with Crippen molar-refractivity contribution < 1.29 is 27.8 Å². The van der Waals surface area contributed by atoms with Crippen molar-refractivity contribution in [1.29, 1.82) is 0 Å². The third-order valence-corrected chi connectivity index (χ3v) is 5.49. The van der Waals surface area contributed by atoms with Crippen molar-refractivity contribution in [3.63, 3.8) is 0 Å². The molecular formula is C19H25Cl3F2O4. The summed E-state index contributed by atoms with van der Waals surface area (Å²) in [5.41, 5.74) is -0.877. The summed E-state index contributed by atoms with van der Waals surface area (Å²) in [5, 5.41) is -0.943. The summed E-state index contributed by atoms with van der Waals surface area (Å²) < 4.78 is 41.4. The van der Waals surface area contributed by atoms with Gasteiger partial charge < -0.3 is 14.2 Å². The fourth-order valence-corrected chi connectivity index (χ4v) is 3.16. The van der Waals surface area contributed by atoms with E-state index in [2.05, 4.69) is 0 Å². The van der Waals surface area contributed by atoms with Crippen LogP contribution in [0, 0.1) is 5.41 Å². The van der Waals surface area contributed by atoms with Gasteiger partial charge in [-0.2, -0.15) is 8.78 Å². The molecule has 1 unspecified atom stereocenters. The van der Waals surface area contributed by atoms with Crippen LogP contribution < -0.4 is 9.47 Å². The van der Waals surface area contributed by atoms with Gasteiger partial charge in [0.25, 0.3) is 0 Å². The molecule has 0 aliphatic heterocycles. The SMILES string of the molecule is CCOC(=O)CC(C)(C)C(Cl)CC(Cl)(Cl)C(F)(F)Oc1ccc(OCC)cc1. The number of ether oxygens (including phenoxy) is 3. The van der Waals surface area contributed by atoms with Gasteiger partial charge in [-0.25, -0.2) is 0 Å². The molecule has 0 saturated carbocycles. The van der Waals surface area contributed by atoms with E-state index in [1.54, 1.807) is 27.7 Å². The molecule has 0 aliphatic carbocycles. The highest BCUT2D eigenvalue weighted by atomic mass is 35.5. The van der Waals surface area contributed by atoms with Crippen LogP contribution >= 0.6 is 34.8 Å². The maximum Gasteiger partial charge on any atom is 0.431 e. The second kappa shape index (κ2) is 10.2. The first kappa shape index (κ1) is 25.1. The Labute approximate surface area is 179 Å². The summed E-state index contributed by atoms with van der Waals surface area (Å²) in [6.07, 6.45) is -4.52. The molecular weight excluding hydrogens is 437 g/mol. The van der Waals surface area contributed by atoms with E-state index in [-0.39, 0.29) is 18.8 Å². The first-order chi connectivity index (χ1) is 12.8.